The quantitative estimate of drug-likeness (QED) is 0.274. The van der Waals surface area contributed by atoms with Crippen LogP contribution in [0.3, 0.4) is 0 Å². The molecule has 0 saturated carbocycles. The van der Waals surface area contributed by atoms with E-state index >= 15 is 0 Å². The Bertz CT molecular complexity index is 240. The summed E-state index contributed by atoms with van der Waals surface area (Å²) < 4.78 is 1.22. The SMILES string of the molecule is CCC.NNC(c1ccccc1)N(N)S. The average molecular weight is 228 g/mol. The van der Waals surface area contributed by atoms with Crippen LogP contribution in [0.4, 0.5) is 0 Å². The van der Waals surface area contributed by atoms with Crippen molar-refractivity contribution in [2.45, 2.75) is 26.4 Å². The summed E-state index contributed by atoms with van der Waals surface area (Å²) in [6.45, 7) is 4.25. The Kier molecular flexibility index (Phi) is 8.35. The van der Waals surface area contributed by atoms with E-state index in [1.807, 2.05) is 30.3 Å². The summed E-state index contributed by atoms with van der Waals surface area (Å²) >= 11 is 3.95. The van der Waals surface area contributed by atoms with Crippen LogP contribution in [-0.2, 0) is 0 Å². The van der Waals surface area contributed by atoms with Crippen LogP contribution in [0.25, 0.3) is 0 Å². The minimum atomic E-state index is -0.269. The molecule has 1 rings (SSSR count). The molecule has 0 radical (unpaired) electrons. The molecule has 5 heteroatoms. The molecule has 5 N–H and O–H groups in total. The highest BCUT2D eigenvalue weighted by molar-refractivity contribution is 7.77. The molecular formula is C10H20N4S. The number of thiol groups is 1. The molecule has 0 fully saturated rings. The van der Waals surface area contributed by atoms with Crippen molar-refractivity contribution in [1.29, 1.82) is 0 Å². The first kappa shape index (κ1) is 14.4. The minimum Gasteiger partial charge on any atom is -0.270 e. The van der Waals surface area contributed by atoms with Crippen LogP contribution in [0, 0.1) is 0 Å². The lowest BCUT2D eigenvalue weighted by atomic mass is 10.2. The van der Waals surface area contributed by atoms with E-state index < -0.39 is 0 Å². The monoisotopic (exact) mass is 228 g/mol. The average Bonchev–Trinajstić information content (AvgIpc) is 2.21. The van der Waals surface area contributed by atoms with E-state index in [0.717, 1.165) is 5.56 Å². The van der Waals surface area contributed by atoms with Crippen LogP contribution in [0.1, 0.15) is 32.0 Å². The molecule has 1 unspecified atom stereocenters. The molecule has 0 aliphatic rings. The van der Waals surface area contributed by atoms with Gasteiger partial charge >= 0.3 is 0 Å². The van der Waals surface area contributed by atoms with Crippen molar-refractivity contribution in [2.24, 2.45) is 11.7 Å². The second-order valence-electron chi connectivity index (χ2n) is 3.07. The van der Waals surface area contributed by atoms with Gasteiger partial charge in [0.2, 0.25) is 0 Å². The molecule has 15 heavy (non-hydrogen) atoms. The van der Waals surface area contributed by atoms with Crippen molar-refractivity contribution in [3.63, 3.8) is 0 Å². The van der Waals surface area contributed by atoms with Crippen LogP contribution in [0.2, 0.25) is 0 Å². The van der Waals surface area contributed by atoms with Gasteiger partial charge in [-0.15, -0.1) is 0 Å². The third kappa shape index (κ3) is 5.76. The van der Waals surface area contributed by atoms with Crippen LogP contribution in [0.15, 0.2) is 30.3 Å². The maximum atomic E-state index is 5.43. The van der Waals surface area contributed by atoms with Gasteiger partial charge in [0.1, 0.15) is 6.17 Å². The van der Waals surface area contributed by atoms with Gasteiger partial charge in [-0.3, -0.25) is 11.7 Å². The molecule has 1 aromatic rings. The van der Waals surface area contributed by atoms with E-state index in [4.69, 9.17) is 11.7 Å². The van der Waals surface area contributed by atoms with Crippen molar-refractivity contribution >= 4 is 12.8 Å². The lowest BCUT2D eigenvalue weighted by molar-refractivity contribution is 0.319. The summed E-state index contributed by atoms with van der Waals surface area (Å²) in [4.78, 5) is 0. The fourth-order valence-corrected chi connectivity index (χ4v) is 1.16. The Hall–Kier alpha value is -0.590. The molecule has 1 atom stereocenters. The normalized spacial score (nSPS) is 11.9. The summed E-state index contributed by atoms with van der Waals surface area (Å²) in [5, 5.41) is 0. The van der Waals surface area contributed by atoms with E-state index in [-0.39, 0.29) is 6.17 Å². The highest BCUT2D eigenvalue weighted by atomic mass is 32.1. The molecule has 0 heterocycles. The predicted molar refractivity (Wildman–Crippen MR) is 67.5 cm³/mol. The predicted octanol–water partition coefficient (Wildman–Crippen LogP) is 1.59. The number of rotatable bonds is 3. The number of nitrogens with one attached hydrogen (secondary N) is 1. The maximum Gasteiger partial charge on any atom is 0.122 e. The largest absolute Gasteiger partial charge is 0.270 e. The third-order valence-corrected chi connectivity index (χ3v) is 1.77. The Morgan fingerprint density at radius 2 is 1.80 bits per heavy atom. The van der Waals surface area contributed by atoms with E-state index in [0.29, 0.717) is 0 Å². The Morgan fingerprint density at radius 3 is 2.13 bits per heavy atom. The number of hydrazine groups is 2. The molecule has 4 nitrogen and oxygen atoms in total. The van der Waals surface area contributed by atoms with E-state index in [1.165, 1.54) is 10.8 Å². The molecule has 0 spiro atoms. The van der Waals surface area contributed by atoms with Gasteiger partial charge < -0.3 is 0 Å². The fraction of sp³-hybridized carbons (Fsp3) is 0.400. The topological polar surface area (TPSA) is 67.3 Å². The second-order valence-corrected chi connectivity index (χ2v) is 3.53. The Balaban J connectivity index is 0.000000583. The van der Waals surface area contributed by atoms with Crippen LogP contribution < -0.4 is 17.1 Å². The van der Waals surface area contributed by atoms with Crippen molar-refractivity contribution in [3.05, 3.63) is 35.9 Å². The molecular weight excluding hydrogens is 208 g/mol. The van der Waals surface area contributed by atoms with Gasteiger partial charge in [-0.2, -0.15) is 4.41 Å². The van der Waals surface area contributed by atoms with E-state index in [9.17, 15) is 0 Å². The summed E-state index contributed by atoms with van der Waals surface area (Å²) in [5.74, 6) is 10.7. The molecule has 0 bridgehead atoms. The zero-order chi connectivity index (χ0) is 11.7. The Labute approximate surface area is 97.1 Å². The summed E-state index contributed by atoms with van der Waals surface area (Å²) in [5.41, 5.74) is 3.51. The first-order valence-corrected chi connectivity index (χ1v) is 5.31. The first-order chi connectivity index (χ1) is 7.17. The summed E-state index contributed by atoms with van der Waals surface area (Å²) in [6, 6.07) is 9.59. The maximum absolute atomic E-state index is 5.43. The van der Waals surface area contributed by atoms with Crippen molar-refractivity contribution < 1.29 is 0 Å². The number of nitrogens with zero attached hydrogens (tertiary/aromatic N) is 1. The van der Waals surface area contributed by atoms with Crippen LogP contribution in [0.5, 0.6) is 0 Å². The number of hydrogen-bond acceptors (Lipinski definition) is 5. The molecule has 86 valence electrons. The number of nitrogens with two attached hydrogens (primary N) is 2. The molecule has 0 aliphatic heterocycles. The molecule has 0 aliphatic carbocycles. The van der Waals surface area contributed by atoms with Crippen LogP contribution >= 0.6 is 12.8 Å². The number of hydrogen-bond donors (Lipinski definition) is 4. The standard InChI is InChI=1S/C7H12N4S.C3H8/c8-10-7(11(9)12)6-4-2-1-3-5-6;1-3-2/h1-5,7,10,12H,8-9H2;3H2,1-2H3. The zero-order valence-corrected chi connectivity index (χ0v) is 10.1. The fourth-order valence-electron chi connectivity index (χ4n) is 0.961. The van der Waals surface area contributed by atoms with Gasteiger partial charge in [-0.25, -0.2) is 5.43 Å². The lowest BCUT2D eigenvalue weighted by Crippen LogP contribution is -2.40. The van der Waals surface area contributed by atoms with Crippen LogP contribution in [-0.4, -0.2) is 4.41 Å². The van der Waals surface area contributed by atoms with Gasteiger partial charge in [-0.1, -0.05) is 63.4 Å². The van der Waals surface area contributed by atoms with Crippen molar-refractivity contribution in [2.75, 3.05) is 0 Å². The van der Waals surface area contributed by atoms with Gasteiger partial charge in [0.25, 0.3) is 0 Å². The highest BCUT2D eigenvalue weighted by Gasteiger charge is 2.11. The highest BCUT2D eigenvalue weighted by Crippen LogP contribution is 2.14. The zero-order valence-electron chi connectivity index (χ0n) is 9.22. The van der Waals surface area contributed by atoms with Gasteiger partial charge in [0.05, 0.1) is 0 Å². The van der Waals surface area contributed by atoms with Gasteiger partial charge in [0, 0.05) is 0 Å². The number of benzene rings is 1. The van der Waals surface area contributed by atoms with Crippen molar-refractivity contribution in [3.8, 4) is 0 Å². The van der Waals surface area contributed by atoms with E-state index in [2.05, 4.69) is 32.1 Å². The van der Waals surface area contributed by atoms with Gasteiger partial charge in [0.15, 0.2) is 0 Å². The first-order valence-electron chi connectivity index (χ1n) is 4.91. The molecule has 0 amide bonds. The minimum absolute atomic E-state index is 0.269. The Morgan fingerprint density at radius 1 is 1.33 bits per heavy atom. The molecule has 0 saturated heterocycles. The van der Waals surface area contributed by atoms with Crippen molar-refractivity contribution in [1.82, 2.24) is 9.84 Å². The summed E-state index contributed by atoms with van der Waals surface area (Å²) in [7, 11) is 0. The smallest absolute Gasteiger partial charge is 0.122 e. The summed E-state index contributed by atoms with van der Waals surface area (Å²) in [6.07, 6.45) is 0.981. The molecule has 0 aromatic heterocycles. The van der Waals surface area contributed by atoms with E-state index in [1.54, 1.807) is 0 Å². The third-order valence-electron chi connectivity index (χ3n) is 1.54. The second kappa shape index (κ2) is 8.70. The van der Waals surface area contributed by atoms with Gasteiger partial charge in [-0.05, 0) is 5.56 Å². The molecule has 1 aromatic carbocycles. The lowest BCUT2D eigenvalue weighted by Gasteiger charge is -2.21.